The van der Waals surface area contributed by atoms with Crippen molar-refractivity contribution in [2.24, 2.45) is 0 Å². The number of aromatic amines is 1. The van der Waals surface area contributed by atoms with Crippen molar-refractivity contribution in [2.45, 2.75) is 18.9 Å². The summed E-state index contributed by atoms with van der Waals surface area (Å²) in [5.41, 5.74) is -0.227. The Labute approximate surface area is 175 Å². The van der Waals surface area contributed by atoms with Gasteiger partial charge in [-0.1, -0.05) is 11.6 Å². The lowest BCUT2D eigenvalue weighted by molar-refractivity contribution is 0.0918. The van der Waals surface area contributed by atoms with E-state index in [0.29, 0.717) is 38.1 Å². The van der Waals surface area contributed by atoms with Gasteiger partial charge in [-0.3, -0.25) is 14.7 Å². The van der Waals surface area contributed by atoms with Gasteiger partial charge in [0.15, 0.2) is 17.5 Å². The number of H-pyrrole nitrogens is 1. The van der Waals surface area contributed by atoms with Crippen LogP contribution in [0, 0.1) is 11.6 Å². The zero-order chi connectivity index (χ0) is 22.1. The fraction of sp³-hybridized carbons (Fsp3) is 0.353. The zero-order valence-corrected chi connectivity index (χ0v) is 17.3. The van der Waals surface area contributed by atoms with E-state index in [0.717, 1.165) is 6.26 Å². The molecule has 162 valence electrons. The number of piperidine rings is 1. The summed E-state index contributed by atoms with van der Waals surface area (Å²) >= 11 is 5.76. The maximum Gasteiger partial charge on any atom is 0.269 e. The van der Waals surface area contributed by atoms with Crippen molar-refractivity contribution >= 4 is 39.3 Å². The smallest absolute Gasteiger partial charge is 0.269 e. The minimum absolute atomic E-state index is 0.0159. The Bertz CT molecular complexity index is 1080. The molecule has 2 amide bonds. The summed E-state index contributed by atoms with van der Waals surface area (Å²) in [6.45, 7) is 0.617. The minimum atomic E-state index is -3.26. The Morgan fingerprint density at radius 3 is 2.43 bits per heavy atom. The average Bonchev–Trinajstić information content (AvgIpc) is 3.13. The average molecular weight is 462 g/mol. The highest BCUT2D eigenvalue weighted by molar-refractivity contribution is 7.88. The lowest BCUT2D eigenvalue weighted by Gasteiger charge is -2.30. The van der Waals surface area contributed by atoms with Crippen LogP contribution >= 0.6 is 11.6 Å². The topological polar surface area (TPSA) is 124 Å². The predicted molar refractivity (Wildman–Crippen MR) is 105 cm³/mol. The van der Waals surface area contributed by atoms with Crippen LogP contribution in [0.1, 0.15) is 33.7 Å². The third-order valence-corrected chi connectivity index (χ3v) is 6.19. The van der Waals surface area contributed by atoms with Crippen LogP contribution in [-0.2, 0) is 10.0 Å². The number of anilines is 1. The van der Waals surface area contributed by atoms with Gasteiger partial charge in [0.1, 0.15) is 5.69 Å². The molecule has 0 saturated carbocycles. The number of aromatic nitrogens is 2. The lowest BCUT2D eigenvalue weighted by atomic mass is 10.1. The third kappa shape index (κ3) is 5.12. The SMILES string of the molecule is CS(=O)(=O)N1CCC(NC(=O)c2cc(NC(=O)c3cc(F)c(F)cc3Cl)n[nH]2)CC1. The standard InChI is InChI=1S/C17H18ClF2N5O4S/c1-30(28,29)25-4-2-9(3-5-25)21-17(27)14-8-15(24-23-14)22-16(26)10-6-12(19)13(20)7-11(10)18/h6-9H,2-5H2,1H3,(H,21,27)(H2,22,23,24,26). The lowest BCUT2D eigenvalue weighted by Crippen LogP contribution is -2.46. The molecule has 3 N–H and O–H groups in total. The number of hydrogen-bond acceptors (Lipinski definition) is 5. The zero-order valence-electron chi connectivity index (χ0n) is 15.7. The van der Waals surface area contributed by atoms with Crippen LogP contribution in [0.25, 0.3) is 0 Å². The molecule has 1 fully saturated rings. The Morgan fingerprint density at radius 1 is 1.17 bits per heavy atom. The van der Waals surface area contributed by atoms with E-state index in [1.807, 2.05) is 0 Å². The van der Waals surface area contributed by atoms with Crippen molar-refractivity contribution in [2.75, 3.05) is 24.7 Å². The van der Waals surface area contributed by atoms with Gasteiger partial charge in [0, 0.05) is 25.2 Å². The van der Waals surface area contributed by atoms with Gasteiger partial charge in [-0.15, -0.1) is 0 Å². The Morgan fingerprint density at radius 2 is 1.80 bits per heavy atom. The molecule has 1 saturated heterocycles. The van der Waals surface area contributed by atoms with Crippen LogP contribution in [0.3, 0.4) is 0 Å². The molecular weight excluding hydrogens is 444 g/mol. The first-order valence-electron chi connectivity index (χ1n) is 8.82. The molecule has 0 bridgehead atoms. The summed E-state index contributed by atoms with van der Waals surface area (Å²) in [6, 6.07) is 2.41. The number of carbonyl (C=O) groups excluding carboxylic acids is 2. The van der Waals surface area contributed by atoms with Gasteiger partial charge >= 0.3 is 0 Å². The van der Waals surface area contributed by atoms with Gasteiger partial charge in [-0.2, -0.15) is 5.10 Å². The van der Waals surface area contributed by atoms with Crippen LogP contribution in [0.4, 0.5) is 14.6 Å². The third-order valence-electron chi connectivity index (χ3n) is 4.58. The Kier molecular flexibility index (Phi) is 6.38. The maximum atomic E-state index is 13.4. The molecule has 0 atom stereocenters. The van der Waals surface area contributed by atoms with Crippen LogP contribution < -0.4 is 10.6 Å². The molecule has 30 heavy (non-hydrogen) atoms. The summed E-state index contributed by atoms with van der Waals surface area (Å²) in [7, 11) is -3.26. The largest absolute Gasteiger partial charge is 0.348 e. The number of carbonyl (C=O) groups is 2. The number of rotatable bonds is 5. The first-order valence-corrected chi connectivity index (χ1v) is 11.0. The summed E-state index contributed by atoms with van der Waals surface area (Å²) < 4.78 is 50.9. The quantitative estimate of drug-likeness (QED) is 0.585. The van der Waals surface area contributed by atoms with Crippen molar-refractivity contribution in [1.82, 2.24) is 19.8 Å². The molecule has 0 spiro atoms. The summed E-state index contributed by atoms with van der Waals surface area (Å²) in [6.07, 6.45) is 2.07. The van der Waals surface area contributed by atoms with Crippen LogP contribution in [0.2, 0.25) is 5.02 Å². The van der Waals surface area contributed by atoms with Gasteiger partial charge in [0.25, 0.3) is 11.8 Å². The van der Waals surface area contributed by atoms with E-state index in [1.165, 1.54) is 10.4 Å². The number of halogens is 3. The van der Waals surface area contributed by atoms with Gasteiger partial charge < -0.3 is 10.6 Å². The van der Waals surface area contributed by atoms with Crippen molar-refractivity contribution in [3.05, 3.63) is 46.1 Å². The molecule has 13 heteroatoms. The fourth-order valence-electron chi connectivity index (χ4n) is 2.98. The fourth-order valence-corrected chi connectivity index (χ4v) is 4.09. The normalized spacial score (nSPS) is 15.7. The Balaban J connectivity index is 1.59. The molecule has 1 aromatic heterocycles. The van der Waals surface area contributed by atoms with Gasteiger partial charge in [-0.05, 0) is 25.0 Å². The molecule has 0 aliphatic carbocycles. The molecule has 1 aliphatic rings. The summed E-state index contributed by atoms with van der Waals surface area (Å²) in [4.78, 5) is 24.6. The van der Waals surface area contributed by atoms with Crippen molar-refractivity contribution < 1.29 is 26.8 Å². The van der Waals surface area contributed by atoms with E-state index in [9.17, 15) is 26.8 Å². The van der Waals surface area contributed by atoms with E-state index < -0.39 is 33.5 Å². The van der Waals surface area contributed by atoms with Crippen LogP contribution in [0.5, 0.6) is 0 Å². The molecule has 0 radical (unpaired) electrons. The first-order chi connectivity index (χ1) is 14.0. The molecule has 3 rings (SSSR count). The molecule has 0 unspecified atom stereocenters. The van der Waals surface area contributed by atoms with Crippen molar-refractivity contribution in [1.29, 1.82) is 0 Å². The second kappa shape index (κ2) is 8.66. The number of nitrogens with zero attached hydrogens (tertiary/aromatic N) is 2. The van der Waals surface area contributed by atoms with Gasteiger partial charge in [0.2, 0.25) is 10.0 Å². The van der Waals surface area contributed by atoms with E-state index in [4.69, 9.17) is 11.6 Å². The summed E-state index contributed by atoms with van der Waals surface area (Å²) in [5.74, 6) is -3.73. The highest BCUT2D eigenvalue weighted by Crippen LogP contribution is 2.21. The number of nitrogens with one attached hydrogen (secondary N) is 3. The van der Waals surface area contributed by atoms with Crippen LogP contribution in [0.15, 0.2) is 18.2 Å². The first kappa shape index (κ1) is 22.1. The molecule has 1 aromatic carbocycles. The van der Waals surface area contributed by atoms with Crippen LogP contribution in [-0.4, -0.2) is 60.1 Å². The number of sulfonamides is 1. The number of amides is 2. The monoisotopic (exact) mass is 461 g/mol. The van der Waals surface area contributed by atoms with E-state index in [2.05, 4.69) is 20.8 Å². The highest BCUT2D eigenvalue weighted by Gasteiger charge is 2.26. The van der Waals surface area contributed by atoms with Gasteiger partial charge in [-0.25, -0.2) is 21.5 Å². The Hall–Kier alpha value is -2.57. The molecule has 2 aromatic rings. The van der Waals surface area contributed by atoms with E-state index in [-0.39, 0.29) is 28.1 Å². The maximum absolute atomic E-state index is 13.4. The van der Waals surface area contributed by atoms with Crippen molar-refractivity contribution in [3.8, 4) is 0 Å². The number of benzene rings is 1. The van der Waals surface area contributed by atoms with E-state index >= 15 is 0 Å². The van der Waals surface area contributed by atoms with Gasteiger partial charge in [0.05, 0.1) is 16.8 Å². The molecule has 2 heterocycles. The molecule has 9 nitrogen and oxygen atoms in total. The predicted octanol–water partition coefficient (Wildman–Crippen LogP) is 1.75. The minimum Gasteiger partial charge on any atom is -0.348 e. The van der Waals surface area contributed by atoms with E-state index in [1.54, 1.807) is 0 Å². The second-order valence-corrected chi connectivity index (χ2v) is 9.17. The molecule has 1 aliphatic heterocycles. The second-order valence-electron chi connectivity index (χ2n) is 6.78. The number of hydrogen-bond donors (Lipinski definition) is 3. The van der Waals surface area contributed by atoms with Crippen molar-refractivity contribution in [3.63, 3.8) is 0 Å². The summed E-state index contributed by atoms with van der Waals surface area (Å²) in [5, 5.41) is 11.1. The molecular formula is C17H18ClF2N5O4S. The highest BCUT2D eigenvalue weighted by atomic mass is 35.5.